The zero-order chi connectivity index (χ0) is 37.0. The topological polar surface area (TPSA) is 174 Å². The monoisotopic (exact) mass is 728 g/mol. The van der Waals surface area contributed by atoms with Gasteiger partial charge in [-0.3, -0.25) is 24.1 Å². The number of thioether (sulfide) groups is 1. The number of ether oxygens (including phenoxy) is 1. The third kappa shape index (κ3) is 5.91. The number of fused-ring (bicyclic) bond motifs is 3. The van der Waals surface area contributed by atoms with Gasteiger partial charge >= 0.3 is 0 Å². The summed E-state index contributed by atoms with van der Waals surface area (Å²) >= 11 is 1.80. The molecular weight excluding hydrogens is 673 g/mol. The predicted octanol–water partition coefficient (Wildman–Crippen LogP) is 3.31. The molecule has 3 saturated carbocycles. The fourth-order valence-corrected chi connectivity index (χ4v) is 12.8. The number of ketones is 3. The molecule has 2 unspecified atom stereocenters. The molecule has 1 aromatic rings. The number of aliphatic hydroxyl groups is 3. The zero-order valence-electron chi connectivity index (χ0n) is 30.6. The van der Waals surface area contributed by atoms with E-state index in [-0.39, 0.29) is 36.6 Å². The second-order valence-electron chi connectivity index (χ2n) is 16.4. The van der Waals surface area contributed by atoms with Gasteiger partial charge in [-0.1, -0.05) is 59.6 Å². The van der Waals surface area contributed by atoms with E-state index in [1.807, 2.05) is 31.7 Å². The number of morpholine rings is 1. The summed E-state index contributed by atoms with van der Waals surface area (Å²) in [4.78, 5) is 59.3. The number of hydrogen-bond acceptors (Lipinski definition) is 11. The van der Waals surface area contributed by atoms with Gasteiger partial charge in [0, 0.05) is 48.3 Å². The second kappa shape index (κ2) is 14.5. The molecule has 4 fully saturated rings. The molecular formula is C39H56N2O9S. The van der Waals surface area contributed by atoms with Crippen LogP contribution in [0.4, 0.5) is 0 Å². The van der Waals surface area contributed by atoms with Crippen molar-refractivity contribution in [2.24, 2.45) is 40.4 Å². The Balaban J connectivity index is 1.53. The number of amides is 1. The van der Waals surface area contributed by atoms with E-state index in [0.29, 0.717) is 42.9 Å². The highest BCUT2D eigenvalue weighted by atomic mass is 32.2. The van der Waals surface area contributed by atoms with E-state index in [4.69, 9.17) is 4.74 Å². The summed E-state index contributed by atoms with van der Waals surface area (Å²) in [5.74, 6) is -8.03. The zero-order valence-corrected chi connectivity index (χ0v) is 31.4. The van der Waals surface area contributed by atoms with Crippen LogP contribution in [0, 0.1) is 40.4 Å². The predicted molar refractivity (Wildman–Crippen MR) is 192 cm³/mol. The third-order valence-electron chi connectivity index (χ3n) is 13.7. The van der Waals surface area contributed by atoms with Gasteiger partial charge in [0.2, 0.25) is 5.91 Å². The molecule has 282 valence electrons. The van der Waals surface area contributed by atoms with Gasteiger partial charge in [0.15, 0.2) is 17.2 Å². The summed E-state index contributed by atoms with van der Waals surface area (Å²) in [5, 5.41) is 52.4. The summed E-state index contributed by atoms with van der Waals surface area (Å²) in [5.41, 5.74) is -4.83. The minimum absolute atomic E-state index is 0.0623. The quantitative estimate of drug-likeness (QED) is 0.224. The molecule has 11 nitrogen and oxygen atoms in total. The van der Waals surface area contributed by atoms with Crippen LogP contribution in [0.2, 0.25) is 0 Å². The molecule has 1 saturated heterocycles. The van der Waals surface area contributed by atoms with Crippen LogP contribution in [0.5, 0.6) is 5.75 Å². The van der Waals surface area contributed by atoms with Crippen molar-refractivity contribution in [2.45, 2.75) is 102 Å². The number of nitrogens with zero attached hydrogens (tertiary/aromatic N) is 1. The lowest BCUT2D eigenvalue weighted by Crippen LogP contribution is -2.82. The Labute approximate surface area is 305 Å². The molecule has 4 aliphatic carbocycles. The van der Waals surface area contributed by atoms with E-state index in [1.54, 1.807) is 31.7 Å². The van der Waals surface area contributed by atoms with Crippen LogP contribution in [0.3, 0.4) is 0 Å². The molecule has 51 heavy (non-hydrogen) atoms. The fraction of sp³-hybridized carbons (Fsp3) is 0.744. The molecule has 10 atom stereocenters. The molecule has 0 aromatic heterocycles. The lowest BCUT2D eigenvalue weighted by molar-refractivity contribution is -0.292. The van der Waals surface area contributed by atoms with Gasteiger partial charge in [0.1, 0.15) is 23.6 Å². The van der Waals surface area contributed by atoms with Crippen LogP contribution >= 0.6 is 11.8 Å². The van der Waals surface area contributed by atoms with Gasteiger partial charge in [-0.2, -0.15) is 11.8 Å². The lowest BCUT2D eigenvalue weighted by atomic mass is 9.33. The second-order valence-corrected chi connectivity index (χ2v) is 17.7. The highest BCUT2D eigenvalue weighted by molar-refractivity contribution is 7.99. The van der Waals surface area contributed by atoms with Crippen molar-refractivity contribution in [3.05, 3.63) is 29.3 Å². The van der Waals surface area contributed by atoms with E-state index in [0.717, 1.165) is 25.7 Å². The minimum Gasteiger partial charge on any atom is -0.507 e. The lowest BCUT2D eigenvalue weighted by Gasteiger charge is -2.71. The summed E-state index contributed by atoms with van der Waals surface area (Å²) in [6, 6.07) is 4.96. The van der Waals surface area contributed by atoms with Gasteiger partial charge in [-0.25, -0.2) is 0 Å². The number of benzene rings is 1. The molecule has 12 heteroatoms. The van der Waals surface area contributed by atoms with Crippen molar-refractivity contribution >= 4 is 35.0 Å². The first kappa shape index (κ1) is 38.4. The maximum atomic E-state index is 14.9. The number of Topliss-reactive ketones (excluding diaryl/α,β-unsaturated/α-hetero) is 3. The van der Waals surface area contributed by atoms with E-state index < -0.39 is 81.6 Å². The normalized spacial score (nSPS) is 38.6. The Kier molecular flexibility index (Phi) is 10.9. The maximum absolute atomic E-state index is 14.9. The van der Waals surface area contributed by atoms with Crippen molar-refractivity contribution in [3.63, 3.8) is 0 Å². The first-order valence-electron chi connectivity index (χ1n) is 18.9. The van der Waals surface area contributed by atoms with Crippen molar-refractivity contribution in [1.29, 1.82) is 0 Å². The van der Waals surface area contributed by atoms with Crippen molar-refractivity contribution in [1.82, 2.24) is 10.2 Å². The van der Waals surface area contributed by atoms with Crippen LogP contribution in [0.25, 0.3) is 0 Å². The van der Waals surface area contributed by atoms with E-state index >= 15 is 0 Å². The number of carbonyl (C=O) groups excluding carboxylic acids is 4. The van der Waals surface area contributed by atoms with Gasteiger partial charge in [0.25, 0.3) is 0 Å². The summed E-state index contributed by atoms with van der Waals surface area (Å²) < 4.78 is 5.40. The number of nitrogens with one attached hydrogen (secondary N) is 1. The van der Waals surface area contributed by atoms with Crippen LogP contribution in [0.1, 0.15) is 95.0 Å². The Morgan fingerprint density at radius 1 is 1.10 bits per heavy atom. The van der Waals surface area contributed by atoms with Gasteiger partial charge in [0.05, 0.1) is 37.5 Å². The van der Waals surface area contributed by atoms with Crippen LogP contribution in [0.15, 0.2) is 18.2 Å². The Bertz CT molecular complexity index is 1530. The highest BCUT2D eigenvalue weighted by Crippen LogP contribution is 2.72. The Morgan fingerprint density at radius 3 is 2.39 bits per heavy atom. The maximum Gasteiger partial charge on any atom is 0.234 e. The first-order valence-corrected chi connectivity index (χ1v) is 19.9. The Hall–Kier alpha value is -2.35. The molecule has 1 amide bonds. The SMILES string of the molecule is CCC(=O)C[C@@H]1[C@@]2(C)[C@H](CSC3CCCC3)c3cccc(O)c3C(=O)[C@@H]2C(O)[C@@]2(O)C(=O)[C@H](C(=O)NCN3CCOCC3)C(O)[C@H](C(C)C)[C@@]12C. The first-order chi connectivity index (χ1) is 24.1. The fourth-order valence-electron chi connectivity index (χ4n) is 11.2. The molecule has 5 aliphatic rings. The highest BCUT2D eigenvalue weighted by Gasteiger charge is 2.80. The smallest absolute Gasteiger partial charge is 0.234 e. The van der Waals surface area contributed by atoms with Crippen LogP contribution in [-0.4, -0.2) is 110 Å². The summed E-state index contributed by atoms with van der Waals surface area (Å²) in [6.07, 6.45) is 0.934. The van der Waals surface area contributed by atoms with E-state index in [1.165, 1.54) is 6.07 Å². The average molecular weight is 729 g/mol. The number of aliphatic hydroxyl groups excluding tert-OH is 2. The molecule has 5 N–H and O–H groups in total. The minimum atomic E-state index is -2.69. The largest absolute Gasteiger partial charge is 0.507 e. The number of rotatable bonds is 10. The molecule has 0 radical (unpaired) electrons. The third-order valence-corrected chi connectivity index (χ3v) is 15.2. The van der Waals surface area contributed by atoms with Gasteiger partial charge in [-0.05, 0) is 47.6 Å². The van der Waals surface area contributed by atoms with E-state index in [9.17, 15) is 39.6 Å². The number of phenols is 1. The number of carbonyl (C=O) groups is 4. The van der Waals surface area contributed by atoms with Crippen molar-refractivity contribution in [2.75, 3.05) is 38.7 Å². The van der Waals surface area contributed by atoms with Crippen LogP contribution < -0.4 is 5.32 Å². The molecule has 1 aromatic carbocycles. The molecule has 1 heterocycles. The van der Waals surface area contributed by atoms with Crippen molar-refractivity contribution in [3.8, 4) is 5.75 Å². The van der Waals surface area contributed by atoms with Crippen molar-refractivity contribution < 1.29 is 44.3 Å². The number of aromatic hydroxyl groups is 1. The number of hydrogen-bond donors (Lipinski definition) is 5. The molecule has 0 bridgehead atoms. The summed E-state index contributed by atoms with van der Waals surface area (Å²) in [7, 11) is 0. The molecule has 6 rings (SSSR count). The number of phenolic OH excluding ortho intramolecular Hbond substituents is 1. The van der Waals surface area contributed by atoms with Gasteiger partial charge < -0.3 is 30.5 Å². The molecule has 0 spiro atoms. The Morgan fingerprint density at radius 2 is 1.76 bits per heavy atom. The van der Waals surface area contributed by atoms with Gasteiger partial charge in [-0.15, -0.1) is 0 Å². The van der Waals surface area contributed by atoms with E-state index in [2.05, 4.69) is 5.32 Å². The standard InChI is InChI=1S/C39H56N2O9S/c1-6-22(42)18-27-37(4)25(19-51-23-10-7-8-11-23)24-12-9-13-26(43)28(24)32(44)31(37)35(47)39(49)34(46)29(33(45)30(21(2)3)38(27,39)5)36(48)40-20-41-14-16-50-17-15-41/h9,12-13,21,23,25,27,29-31,33,35,43,45,47,49H,6-8,10-11,14-20H2,1-5H3,(H,40,48)/t25-,27-,29-,30+,31-,33?,35?,37-,38-,39+/m1/s1. The average Bonchev–Trinajstić information content (AvgIpc) is 3.62. The van der Waals surface area contributed by atoms with Crippen LogP contribution in [-0.2, 0) is 19.1 Å². The summed E-state index contributed by atoms with van der Waals surface area (Å²) in [6.45, 7) is 11.3. The molecule has 1 aliphatic heterocycles.